The Labute approximate surface area is 504 Å². The van der Waals surface area contributed by atoms with E-state index in [-0.39, 0.29) is 75.0 Å². The molecule has 0 heterocycles. The van der Waals surface area contributed by atoms with Crippen LogP contribution in [-0.4, -0.2) is 120 Å². The highest BCUT2D eigenvalue weighted by molar-refractivity contribution is 5.89. The lowest BCUT2D eigenvalue weighted by atomic mass is 9.41. The summed E-state index contributed by atoms with van der Waals surface area (Å²) in [5.41, 5.74) is 9.46. The van der Waals surface area contributed by atoms with Gasteiger partial charge in [0.25, 0.3) is 0 Å². The predicted octanol–water partition coefficient (Wildman–Crippen LogP) is 10.7. The largest absolute Gasteiger partial charge is 0.478 e. The predicted molar refractivity (Wildman–Crippen MR) is 329 cm³/mol. The zero-order valence-corrected chi connectivity index (χ0v) is 53.7. The third kappa shape index (κ3) is 14.2. The van der Waals surface area contributed by atoms with Gasteiger partial charge in [-0.05, 0) is 269 Å². The van der Waals surface area contributed by atoms with E-state index in [0.717, 1.165) is 126 Å². The number of ether oxygens (including phenoxy) is 2. The molecule has 0 aromatic heterocycles. The number of allylic oxidation sites excluding steroid dienone is 4. The number of aliphatic hydroxyl groups is 2. The van der Waals surface area contributed by atoms with E-state index in [4.69, 9.17) is 15.2 Å². The number of esters is 2. The van der Waals surface area contributed by atoms with Gasteiger partial charge in [0.2, 0.25) is 0 Å². The third-order valence-electron chi connectivity index (χ3n) is 23.6. The molecule has 8 saturated carbocycles. The van der Waals surface area contributed by atoms with Gasteiger partial charge in [0.1, 0.15) is 18.0 Å². The van der Waals surface area contributed by atoms with Gasteiger partial charge >= 0.3 is 23.9 Å². The highest BCUT2D eigenvalue weighted by Crippen LogP contribution is 2.71. The van der Waals surface area contributed by atoms with Gasteiger partial charge in [0.15, 0.2) is 0 Å². The number of carboxylic acids is 2. The smallest absolute Gasteiger partial charge is 0.331 e. The number of hydrogen-bond donors (Lipinski definition) is 8. The lowest BCUT2D eigenvalue weighted by Gasteiger charge is -2.64. The Bertz CT molecular complexity index is 2480. The van der Waals surface area contributed by atoms with E-state index >= 15 is 0 Å². The number of fused-ring (bicyclic) bond motifs is 10. The maximum absolute atomic E-state index is 12.7. The van der Waals surface area contributed by atoms with Gasteiger partial charge in [0, 0.05) is 43.4 Å². The van der Waals surface area contributed by atoms with Crippen LogP contribution in [0.3, 0.4) is 0 Å². The minimum Gasteiger partial charge on any atom is -0.478 e. The van der Waals surface area contributed by atoms with Crippen LogP contribution >= 0.6 is 0 Å². The molecule has 8 aliphatic carbocycles. The molecule has 8 fully saturated rings. The van der Waals surface area contributed by atoms with E-state index in [1.807, 2.05) is 33.8 Å². The fourth-order valence-electron chi connectivity index (χ4n) is 19.9. The van der Waals surface area contributed by atoms with E-state index in [1.165, 1.54) is 13.8 Å². The molecule has 0 amide bonds. The number of Topliss-reactive ketones (excluding diaryl/α,β-unsaturated/α-hetero) is 1. The molecule has 0 aromatic carbocycles. The summed E-state index contributed by atoms with van der Waals surface area (Å²) in [7, 11) is 0. The Balaban J connectivity index is 0.000000251. The van der Waals surface area contributed by atoms with Crippen molar-refractivity contribution in [2.75, 3.05) is 39.3 Å². The first-order chi connectivity index (χ1) is 39.7. The summed E-state index contributed by atoms with van der Waals surface area (Å²) in [6, 6.07) is 0.490. The number of aliphatic hydroxyl groups excluding tert-OH is 2. The van der Waals surface area contributed by atoms with Crippen molar-refractivity contribution in [3.8, 4) is 0 Å². The highest BCUT2D eigenvalue weighted by Gasteiger charge is 2.68. The minimum absolute atomic E-state index is 0.0175. The fraction of sp³-hybridized carbons (Fsp3) is 0.812. The van der Waals surface area contributed by atoms with E-state index < -0.39 is 42.3 Å². The second kappa shape index (κ2) is 28.6. The molecule has 0 bridgehead atoms. The van der Waals surface area contributed by atoms with Gasteiger partial charge in [0.05, 0.1) is 12.2 Å². The number of aliphatic carboxylic acids is 2. The summed E-state index contributed by atoms with van der Waals surface area (Å²) in [6.45, 7) is 30.4. The van der Waals surface area contributed by atoms with Crippen molar-refractivity contribution >= 4 is 29.7 Å². The van der Waals surface area contributed by atoms with Crippen molar-refractivity contribution in [1.29, 1.82) is 0 Å². The normalized spacial score (nSPS) is 39.5. The standard InChI is InChI=1S/C39H68N4O5.C30H44O6/c1-25(2)11-7-12-28(37(46)47)35-31-23-33(45)36-30(39(31,6)24-34(35)48-27(4)44)14-13-29-26(3)32(15-16-38(29,36)5)43-22-10-21-42-20-9-19-41-18-8-17-40;1-16(2)8-7-9-19(28(34)35)26-22-14-24(33)27-21(30(22,6)15-25(26)36-18(4)31)11-10-20-17(3)23(32)12-13-29(20,27)5/h11,26,29-34,36,41-43,45H,7-10,12-24,40H2,1-6H3,(H,46,47);8,17,20-22,24-25,27,33H,7,9-15H2,1-6H3,(H,34,35)/b35-28-;26-19-/t26?,29?,30-,31?,32?,33+,34-,36?,38-,39+;17?,20?,21-,22?,24+,25-,27-,29-,30+/m00/s1. The highest BCUT2D eigenvalue weighted by atomic mass is 16.5. The molecule has 8 rings (SSSR count). The number of ketones is 1. The Kier molecular flexibility index (Phi) is 23.1. The van der Waals surface area contributed by atoms with Crippen LogP contribution in [0.1, 0.15) is 205 Å². The fourth-order valence-corrected chi connectivity index (χ4v) is 19.9. The van der Waals surface area contributed by atoms with Crippen LogP contribution in [0.15, 0.2) is 45.6 Å². The van der Waals surface area contributed by atoms with Crippen molar-refractivity contribution in [2.24, 2.45) is 86.6 Å². The second-order valence-corrected chi connectivity index (χ2v) is 29.2. The average Bonchev–Trinajstić information content (AvgIpc) is 1.35. The Morgan fingerprint density at radius 3 is 1.46 bits per heavy atom. The monoisotopic (exact) mass is 1170 g/mol. The zero-order chi connectivity index (χ0) is 61.6. The van der Waals surface area contributed by atoms with Crippen molar-refractivity contribution in [3.05, 3.63) is 45.6 Å². The van der Waals surface area contributed by atoms with Crippen LogP contribution in [0.2, 0.25) is 0 Å². The molecule has 474 valence electrons. The molecule has 8 aliphatic rings. The molecule has 0 radical (unpaired) electrons. The summed E-state index contributed by atoms with van der Waals surface area (Å²) >= 11 is 0. The van der Waals surface area contributed by atoms with Crippen molar-refractivity contribution in [1.82, 2.24) is 16.0 Å². The van der Waals surface area contributed by atoms with Crippen LogP contribution in [0.5, 0.6) is 0 Å². The minimum atomic E-state index is -0.958. The lowest BCUT2D eigenvalue weighted by Crippen LogP contribution is -2.62. The molecular weight excluding hydrogens is 1060 g/mol. The average molecular weight is 1170 g/mol. The molecule has 15 nitrogen and oxygen atoms in total. The third-order valence-corrected chi connectivity index (χ3v) is 23.6. The molecule has 0 aromatic rings. The molecule has 15 heteroatoms. The molecule has 0 aliphatic heterocycles. The number of nitrogens with two attached hydrogens (primary N) is 1. The Hall–Kier alpha value is -3.73. The van der Waals surface area contributed by atoms with Gasteiger partial charge in [-0.1, -0.05) is 64.8 Å². The molecular formula is C69H112N4O11. The van der Waals surface area contributed by atoms with E-state index in [1.54, 1.807) is 0 Å². The van der Waals surface area contributed by atoms with Crippen LogP contribution in [-0.2, 0) is 33.4 Å². The van der Waals surface area contributed by atoms with Crippen molar-refractivity contribution < 1.29 is 53.9 Å². The van der Waals surface area contributed by atoms with Gasteiger partial charge < -0.3 is 51.6 Å². The van der Waals surface area contributed by atoms with Crippen LogP contribution < -0.4 is 21.7 Å². The Morgan fingerprint density at radius 1 is 0.595 bits per heavy atom. The van der Waals surface area contributed by atoms with Crippen LogP contribution in [0, 0.1) is 80.8 Å². The summed E-state index contributed by atoms with van der Waals surface area (Å²) in [6.07, 6.45) is 17.1. The molecule has 8 unspecified atom stereocenters. The first-order valence-electron chi connectivity index (χ1n) is 32.9. The summed E-state index contributed by atoms with van der Waals surface area (Å²) in [5.74, 6) is -0.549. The van der Waals surface area contributed by atoms with Gasteiger partial charge in [-0.25, -0.2) is 9.59 Å². The maximum Gasteiger partial charge on any atom is 0.331 e. The molecule has 0 spiro atoms. The van der Waals surface area contributed by atoms with Gasteiger partial charge in [-0.2, -0.15) is 0 Å². The van der Waals surface area contributed by atoms with E-state index in [0.29, 0.717) is 92.6 Å². The van der Waals surface area contributed by atoms with Crippen molar-refractivity contribution in [2.45, 2.75) is 236 Å². The quantitative estimate of drug-likeness (QED) is 0.0217. The molecule has 0 saturated heterocycles. The van der Waals surface area contributed by atoms with E-state index in [9.17, 15) is 44.4 Å². The van der Waals surface area contributed by atoms with Crippen LogP contribution in [0.25, 0.3) is 0 Å². The molecule has 19 atom stereocenters. The Morgan fingerprint density at radius 2 is 1.02 bits per heavy atom. The maximum atomic E-state index is 12.7. The summed E-state index contributed by atoms with van der Waals surface area (Å²) in [5, 5.41) is 55.4. The van der Waals surface area contributed by atoms with Crippen molar-refractivity contribution in [3.63, 3.8) is 0 Å². The summed E-state index contributed by atoms with van der Waals surface area (Å²) in [4.78, 5) is 62.3. The van der Waals surface area contributed by atoms with Gasteiger partial charge in [-0.3, -0.25) is 14.4 Å². The molecule has 84 heavy (non-hydrogen) atoms. The number of nitrogens with one attached hydrogen (secondary N) is 3. The van der Waals surface area contributed by atoms with E-state index in [2.05, 4.69) is 63.6 Å². The number of carboxylic acid groups (broad SMARTS) is 2. The van der Waals surface area contributed by atoms with Crippen LogP contribution in [0.4, 0.5) is 0 Å². The number of hydrogen-bond acceptors (Lipinski definition) is 13. The molecule has 9 N–H and O–H groups in total. The van der Waals surface area contributed by atoms with Gasteiger partial charge in [-0.15, -0.1) is 0 Å². The number of carbonyl (C=O) groups excluding carboxylic acids is 3. The first-order valence-corrected chi connectivity index (χ1v) is 32.9. The number of carbonyl (C=O) groups is 5. The second-order valence-electron chi connectivity index (χ2n) is 29.2. The summed E-state index contributed by atoms with van der Waals surface area (Å²) < 4.78 is 11.7. The first kappa shape index (κ1) is 67.8. The topological polar surface area (TPSA) is 247 Å². The lowest BCUT2D eigenvalue weighted by molar-refractivity contribution is -0.181. The SMILES string of the molecule is CC(=O)O[C@H]1C[C@@]2(C)C(C[C@@H](O)C3[C@@H]2CCC2C(C)C(NCCCNCCCNCCCN)CC[C@@]23C)/C1=C(\CCC=C(C)C)C(=O)O.CC(=O)O[C@H]1C[C@@]2(C)C(C[C@@H](O)[C@@H]3[C@@H]2CCC2C(C)C(=O)CC[C@@]23C)/C1=C(\CCC=C(C)C)C(=O)O. The zero-order valence-electron chi connectivity index (χ0n) is 53.7. The number of rotatable bonds is 22.